The van der Waals surface area contributed by atoms with Gasteiger partial charge in [-0.15, -0.1) is 0 Å². The summed E-state index contributed by atoms with van der Waals surface area (Å²) < 4.78 is 0. The third-order valence-corrected chi connectivity index (χ3v) is 4.22. The van der Waals surface area contributed by atoms with Gasteiger partial charge in [0.15, 0.2) is 0 Å². The van der Waals surface area contributed by atoms with Gasteiger partial charge in [0, 0.05) is 0 Å². The molecule has 17 heavy (non-hydrogen) atoms. The molecule has 1 aromatic carbocycles. The molecule has 0 amide bonds. The quantitative estimate of drug-likeness (QED) is 0.822. The van der Waals surface area contributed by atoms with E-state index in [-0.39, 0.29) is 0 Å². The summed E-state index contributed by atoms with van der Waals surface area (Å²) in [5.74, 6) is 1.62. The fourth-order valence-corrected chi connectivity index (χ4v) is 2.79. The van der Waals surface area contributed by atoms with Crippen molar-refractivity contribution in [3.05, 3.63) is 28.8 Å². The van der Waals surface area contributed by atoms with Gasteiger partial charge in [0.2, 0.25) is 0 Å². The van der Waals surface area contributed by atoms with Gasteiger partial charge in [0.05, 0.1) is 0 Å². The average Bonchev–Trinajstić information content (AvgIpc) is 2.34. The first kappa shape index (κ1) is 12.4. The second-order valence-electron chi connectivity index (χ2n) is 5.37. The lowest BCUT2D eigenvalue weighted by Gasteiger charge is -2.29. The van der Waals surface area contributed by atoms with Crippen LogP contribution in [0.15, 0.2) is 12.1 Å². The molecule has 2 heteroatoms. The van der Waals surface area contributed by atoms with Gasteiger partial charge in [-0.1, -0.05) is 13.0 Å². The average molecular weight is 233 g/mol. The predicted molar refractivity (Wildman–Crippen MR) is 71.6 cm³/mol. The Morgan fingerprint density at radius 1 is 1.18 bits per heavy atom. The number of benzene rings is 1. The second kappa shape index (κ2) is 5.09. The van der Waals surface area contributed by atoms with Crippen LogP contribution in [0.4, 0.5) is 0 Å². The molecule has 1 aliphatic rings. The molecule has 1 unspecified atom stereocenters. The summed E-state index contributed by atoms with van der Waals surface area (Å²) >= 11 is 0. The van der Waals surface area contributed by atoms with E-state index in [0.29, 0.717) is 17.6 Å². The molecule has 1 atom stereocenters. The summed E-state index contributed by atoms with van der Waals surface area (Å²) in [7, 11) is 0. The molecule has 0 radical (unpaired) electrons. The highest BCUT2D eigenvalue weighted by atomic mass is 16.3. The van der Waals surface area contributed by atoms with Crippen LogP contribution in [0.1, 0.15) is 42.4 Å². The largest absolute Gasteiger partial charge is 0.508 e. The van der Waals surface area contributed by atoms with Crippen molar-refractivity contribution in [2.75, 3.05) is 13.1 Å². The van der Waals surface area contributed by atoms with Crippen molar-refractivity contribution >= 4 is 0 Å². The lowest BCUT2D eigenvalue weighted by atomic mass is 9.80. The standard InChI is InChI=1S/C15H23NO/c1-10-8-14(15(17)9-11(10)2)12(3)13-4-6-16-7-5-13/h8-9,12-13,16-17H,4-7H2,1-3H3. The van der Waals surface area contributed by atoms with E-state index in [4.69, 9.17) is 0 Å². The molecule has 1 aliphatic heterocycles. The van der Waals surface area contributed by atoms with E-state index >= 15 is 0 Å². The SMILES string of the molecule is Cc1cc(O)c(C(C)C2CCNCC2)cc1C. The van der Waals surface area contributed by atoms with E-state index in [9.17, 15) is 5.11 Å². The normalized spacial score (nSPS) is 19.2. The van der Waals surface area contributed by atoms with Crippen LogP contribution in [-0.4, -0.2) is 18.2 Å². The molecule has 2 rings (SSSR count). The molecule has 1 fully saturated rings. The van der Waals surface area contributed by atoms with E-state index in [1.54, 1.807) is 0 Å². The number of aromatic hydroxyl groups is 1. The van der Waals surface area contributed by atoms with Crippen LogP contribution in [0.5, 0.6) is 5.75 Å². The number of phenols is 1. The number of piperidine rings is 1. The number of phenolic OH excluding ortho intramolecular Hbond substituents is 1. The fourth-order valence-electron chi connectivity index (χ4n) is 2.79. The Balaban J connectivity index is 2.23. The maximum Gasteiger partial charge on any atom is 0.119 e. The molecule has 1 aromatic rings. The minimum Gasteiger partial charge on any atom is -0.508 e. The van der Waals surface area contributed by atoms with Crippen molar-refractivity contribution in [2.24, 2.45) is 5.92 Å². The first-order valence-corrected chi connectivity index (χ1v) is 6.60. The van der Waals surface area contributed by atoms with Crippen LogP contribution in [0.2, 0.25) is 0 Å². The summed E-state index contributed by atoms with van der Waals surface area (Å²) in [4.78, 5) is 0. The molecule has 2 nitrogen and oxygen atoms in total. The maximum atomic E-state index is 10.1. The zero-order valence-corrected chi connectivity index (χ0v) is 11.1. The number of hydrogen-bond donors (Lipinski definition) is 2. The highest BCUT2D eigenvalue weighted by Crippen LogP contribution is 2.36. The number of rotatable bonds is 2. The van der Waals surface area contributed by atoms with Gasteiger partial charge in [-0.25, -0.2) is 0 Å². The van der Waals surface area contributed by atoms with Crippen molar-refractivity contribution in [1.29, 1.82) is 0 Å². The molecule has 0 aliphatic carbocycles. The molecule has 0 spiro atoms. The Bertz CT molecular complexity index is 394. The Kier molecular flexibility index (Phi) is 3.72. The van der Waals surface area contributed by atoms with Crippen molar-refractivity contribution in [2.45, 2.75) is 39.5 Å². The van der Waals surface area contributed by atoms with Crippen molar-refractivity contribution in [3.63, 3.8) is 0 Å². The molecule has 2 N–H and O–H groups in total. The Morgan fingerprint density at radius 3 is 2.41 bits per heavy atom. The Morgan fingerprint density at radius 2 is 1.76 bits per heavy atom. The van der Waals surface area contributed by atoms with Crippen LogP contribution in [0.25, 0.3) is 0 Å². The smallest absolute Gasteiger partial charge is 0.119 e. The Hall–Kier alpha value is -1.02. The molecule has 0 saturated carbocycles. The lowest BCUT2D eigenvalue weighted by molar-refractivity contribution is 0.324. The second-order valence-corrected chi connectivity index (χ2v) is 5.37. The molecule has 1 heterocycles. The first-order valence-electron chi connectivity index (χ1n) is 6.60. The van der Waals surface area contributed by atoms with Gasteiger partial charge < -0.3 is 10.4 Å². The summed E-state index contributed by atoms with van der Waals surface area (Å²) in [5.41, 5.74) is 3.57. The molecule has 0 bridgehead atoms. The summed E-state index contributed by atoms with van der Waals surface area (Å²) in [6.07, 6.45) is 2.43. The Labute approximate surface area is 104 Å². The van der Waals surface area contributed by atoms with Gasteiger partial charge in [0.25, 0.3) is 0 Å². The first-order chi connectivity index (χ1) is 8.09. The lowest BCUT2D eigenvalue weighted by Crippen LogP contribution is -2.30. The van der Waals surface area contributed by atoms with Crippen LogP contribution in [0.3, 0.4) is 0 Å². The third kappa shape index (κ3) is 2.63. The van der Waals surface area contributed by atoms with Crippen LogP contribution < -0.4 is 5.32 Å². The van der Waals surface area contributed by atoms with Gasteiger partial charge in [0.1, 0.15) is 5.75 Å². The zero-order chi connectivity index (χ0) is 12.4. The topological polar surface area (TPSA) is 32.3 Å². The van der Waals surface area contributed by atoms with E-state index in [1.165, 1.54) is 24.0 Å². The fraction of sp³-hybridized carbons (Fsp3) is 0.600. The third-order valence-electron chi connectivity index (χ3n) is 4.22. The van der Waals surface area contributed by atoms with E-state index in [2.05, 4.69) is 25.2 Å². The van der Waals surface area contributed by atoms with Gasteiger partial charge in [-0.05, 0) is 74.4 Å². The highest BCUT2D eigenvalue weighted by molar-refractivity contribution is 5.42. The van der Waals surface area contributed by atoms with Gasteiger partial charge in [-0.3, -0.25) is 0 Å². The van der Waals surface area contributed by atoms with E-state index in [1.807, 2.05) is 13.0 Å². The van der Waals surface area contributed by atoms with Crippen molar-refractivity contribution in [3.8, 4) is 5.75 Å². The molecule has 94 valence electrons. The number of aryl methyl sites for hydroxylation is 2. The molecular weight excluding hydrogens is 210 g/mol. The monoisotopic (exact) mass is 233 g/mol. The van der Waals surface area contributed by atoms with Crippen LogP contribution >= 0.6 is 0 Å². The van der Waals surface area contributed by atoms with Crippen LogP contribution in [-0.2, 0) is 0 Å². The summed E-state index contributed by atoms with van der Waals surface area (Å²) in [5, 5.41) is 13.5. The molecular formula is C15H23NO. The van der Waals surface area contributed by atoms with Crippen LogP contribution in [0, 0.1) is 19.8 Å². The summed E-state index contributed by atoms with van der Waals surface area (Å²) in [6, 6.07) is 4.07. The van der Waals surface area contributed by atoms with E-state index in [0.717, 1.165) is 18.7 Å². The number of hydrogen-bond acceptors (Lipinski definition) is 2. The minimum absolute atomic E-state index is 0.455. The zero-order valence-electron chi connectivity index (χ0n) is 11.1. The van der Waals surface area contributed by atoms with Crippen molar-refractivity contribution < 1.29 is 5.11 Å². The van der Waals surface area contributed by atoms with E-state index < -0.39 is 0 Å². The molecule has 0 aromatic heterocycles. The maximum absolute atomic E-state index is 10.1. The molecule has 1 saturated heterocycles. The number of nitrogens with one attached hydrogen (secondary N) is 1. The highest BCUT2D eigenvalue weighted by Gasteiger charge is 2.23. The van der Waals surface area contributed by atoms with Gasteiger partial charge in [-0.2, -0.15) is 0 Å². The van der Waals surface area contributed by atoms with Crippen molar-refractivity contribution in [1.82, 2.24) is 5.32 Å². The summed E-state index contributed by atoms with van der Waals surface area (Å²) in [6.45, 7) is 8.64. The minimum atomic E-state index is 0.455. The van der Waals surface area contributed by atoms with Gasteiger partial charge >= 0.3 is 0 Å². The predicted octanol–water partition coefficient (Wildman–Crippen LogP) is 3.11.